The fourth-order valence-corrected chi connectivity index (χ4v) is 3.31. The number of nitrogen functional groups attached to an aromatic ring is 1. The molecule has 0 radical (unpaired) electrons. The monoisotopic (exact) mass is 314 g/mol. The number of likely N-dealkylation sites (tertiary alicyclic amines) is 1. The predicted octanol–water partition coefficient (Wildman–Crippen LogP) is 3.83. The third kappa shape index (κ3) is 3.09. The van der Waals surface area contributed by atoms with E-state index in [0.717, 1.165) is 35.5 Å². The first-order valence-corrected chi connectivity index (χ1v) is 7.91. The molecule has 1 heterocycles. The molecule has 2 aromatic rings. The molecule has 1 fully saturated rings. The van der Waals surface area contributed by atoms with Crippen LogP contribution in [0.15, 0.2) is 48.5 Å². The molecule has 1 atom stereocenters. The van der Waals surface area contributed by atoms with E-state index in [9.17, 15) is 4.79 Å². The van der Waals surface area contributed by atoms with Crippen LogP contribution in [0.3, 0.4) is 0 Å². The lowest BCUT2D eigenvalue weighted by Crippen LogP contribution is -2.32. The van der Waals surface area contributed by atoms with Gasteiger partial charge < -0.3 is 10.6 Å². The first-order chi connectivity index (χ1) is 10.6. The van der Waals surface area contributed by atoms with Crippen molar-refractivity contribution in [3.8, 4) is 0 Å². The van der Waals surface area contributed by atoms with Gasteiger partial charge in [-0.3, -0.25) is 4.79 Å². The molecule has 0 spiro atoms. The van der Waals surface area contributed by atoms with Gasteiger partial charge in [0.2, 0.25) is 5.91 Å². The van der Waals surface area contributed by atoms with Crippen molar-refractivity contribution < 1.29 is 4.79 Å². The van der Waals surface area contributed by atoms with Gasteiger partial charge in [0.15, 0.2) is 0 Å². The van der Waals surface area contributed by atoms with E-state index in [4.69, 9.17) is 17.3 Å². The second kappa shape index (κ2) is 6.41. The summed E-state index contributed by atoms with van der Waals surface area (Å²) in [6.45, 7) is 0.795. The molecular formula is C18H19ClN2O. The van der Waals surface area contributed by atoms with E-state index in [0.29, 0.717) is 12.1 Å². The number of carbonyl (C=O) groups excluding carboxylic acids is 1. The average Bonchev–Trinajstić information content (AvgIpc) is 2.99. The number of hydrogen-bond acceptors (Lipinski definition) is 2. The SMILES string of the molecule is Nc1ccc(CC(=O)N2CCCC2c2ccccc2Cl)cc1. The normalized spacial score (nSPS) is 17.7. The summed E-state index contributed by atoms with van der Waals surface area (Å²) in [4.78, 5) is 14.6. The molecule has 1 aliphatic heterocycles. The van der Waals surface area contributed by atoms with Crippen LogP contribution in [0.2, 0.25) is 5.02 Å². The maximum absolute atomic E-state index is 12.6. The minimum atomic E-state index is 0.0926. The summed E-state index contributed by atoms with van der Waals surface area (Å²) in [6, 6.07) is 15.4. The lowest BCUT2D eigenvalue weighted by molar-refractivity contribution is -0.131. The van der Waals surface area contributed by atoms with Crippen LogP contribution in [-0.2, 0) is 11.2 Å². The second-order valence-electron chi connectivity index (χ2n) is 5.69. The number of amides is 1. The largest absolute Gasteiger partial charge is 0.399 e. The number of nitrogens with zero attached hydrogens (tertiary/aromatic N) is 1. The van der Waals surface area contributed by atoms with E-state index in [1.807, 2.05) is 53.4 Å². The average molecular weight is 315 g/mol. The highest BCUT2D eigenvalue weighted by molar-refractivity contribution is 6.31. The smallest absolute Gasteiger partial charge is 0.227 e. The van der Waals surface area contributed by atoms with Crippen molar-refractivity contribution >= 4 is 23.2 Å². The maximum atomic E-state index is 12.6. The van der Waals surface area contributed by atoms with Crippen LogP contribution in [0.1, 0.15) is 30.0 Å². The number of rotatable bonds is 3. The maximum Gasteiger partial charge on any atom is 0.227 e. The molecule has 1 aliphatic rings. The van der Waals surface area contributed by atoms with Crippen molar-refractivity contribution in [2.75, 3.05) is 12.3 Å². The predicted molar refractivity (Wildman–Crippen MR) is 89.7 cm³/mol. The van der Waals surface area contributed by atoms with E-state index in [1.54, 1.807) is 0 Å². The lowest BCUT2D eigenvalue weighted by Gasteiger charge is -2.26. The van der Waals surface area contributed by atoms with E-state index in [-0.39, 0.29) is 11.9 Å². The molecule has 22 heavy (non-hydrogen) atoms. The minimum absolute atomic E-state index is 0.0926. The Morgan fingerprint density at radius 1 is 1.18 bits per heavy atom. The Kier molecular flexibility index (Phi) is 4.34. The summed E-state index contributed by atoms with van der Waals surface area (Å²) in [5, 5.41) is 0.736. The topological polar surface area (TPSA) is 46.3 Å². The summed E-state index contributed by atoms with van der Waals surface area (Å²) >= 11 is 6.30. The van der Waals surface area contributed by atoms with Crippen molar-refractivity contribution in [3.05, 3.63) is 64.7 Å². The Bertz CT molecular complexity index is 669. The molecular weight excluding hydrogens is 296 g/mol. The number of nitrogens with two attached hydrogens (primary N) is 1. The molecule has 0 saturated carbocycles. The quantitative estimate of drug-likeness (QED) is 0.875. The highest BCUT2D eigenvalue weighted by Crippen LogP contribution is 2.35. The van der Waals surface area contributed by atoms with Gasteiger partial charge in [-0.2, -0.15) is 0 Å². The Hall–Kier alpha value is -2.00. The zero-order valence-corrected chi connectivity index (χ0v) is 13.1. The van der Waals surface area contributed by atoms with Crippen LogP contribution < -0.4 is 5.73 Å². The molecule has 3 nitrogen and oxygen atoms in total. The number of hydrogen-bond donors (Lipinski definition) is 1. The van der Waals surface area contributed by atoms with Gasteiger partial charge in [-0.25, -0.2) is 0 Å². The summed E-state index contributed by atoms with van der Waals surface area (Å²) in [5.41, 5.74) is 8.44. The number of carbonyl (C=O) groups is 1. The molecule has 0 aliphatic carbocycles. The third-order valence-corrected chi connectivity index (χ3v) is 4.52. The fraction of sp³-hybridized carbons (Fsp3) is 0.278. The molecule has 114 valence electrons. The van der Waals surface area contributed by atoms with Crippen molar-refractivity contribution in [2.24, 2.45) is 0 Å². The van der Waals surface area contributed by atoms with Gasteiger partial charge >= 0.3 is 0 Å². The van der Waals surface area contributed by atoms with Crippen LogP contribution in [0.25, 0.3) is 0 Å². The summed E-state index contributed by atoms with van der Waals surface area (Å²) in [7, 11) is 0. The Morgan fingerprint density at radius 2 is 1.91 bits per heavy atom. The molecule has 4 heteroatoms. The van der Waals surface area contributed by atoms with E-state index < -0.39 is 0 Å². The molecule has 1 unspecified atom stereocenters. The zero-order valence-electron chi connectivity index (χ0n) is 12.3. The van der Waals surface area contributed by atoms with Gasteiger partial charge in [0.05, 0.1) is 12.5 Å². The highest BCUT2D eigenvalue weighted by atomic mass is 35.5. The molecule has 2 aromatic carbocycles. The zero-order chi connectivity index (χ0) is 15.5. The molecule has 3 rings (SSSR count). The second-order valence-corrected chi connectivity index (χ2v) is 6.09. The number of benzene rings is 2. The van der Waals surface area contributed by atoms with Crippen LogP contribution in [-0.4, -0.2) is 17.4 Å². The van der Waals surface area contributed by atoms with Gasteiger partial charge in [-0.05, 0) is 42.2 Å². The van der Waals surface area contributed by atoms with E-state index in [2.05, 4.69) is 0 Å². The molecule has 1 amide bonds. The van der Waals surface area contributed by atoms with Crippen molar-refractivity contribution in [1.82, 2.24) is 4.90 Å². The fourth-order valence-electron chi connectivity index (χ4n) is 3.05. The standard InChI is InChI=1S/C18H19ClN2O/c19-16-5-2-1-4-15(16)17-6-3-11-21(17)18(22)12-13-7-9-14(20)10-8-13/h1-2,4-5,7-10,17H,3,6,11-12,20H2. The van der Waals surface area contributed by atoms with Gasteiger partial charge in [-0.15, -0.1) is 0 Å². The number of anilines is 1. The Labute approximate surface area is 135 Å². The lowest BCUT2D eigenvalue weighted by atomic mass is 10.0. The first-order valence-electron chi connectivity index (χ1n) is 7.53. The van der Waals surface area contributed by atoms with Crippen LogP contribution in [0, 0.1) is 0 Å². The molecule has 0 bridgehead atoms. The number of halogens is 1. The molecule has 2 N–H and O–H groups in total. The van der Waals surface area contributed by atoms with Gasteiger partial charge in [0, 0.05) is 17.3 Å². The van der Waals surface area contributed by atoms with Gasteiger partial charge in [0.25, 0.3) is 0 Å². The Balaban J connectivity index is 1.76. The first kappa shape index (κ1) is 14.9. The Morgan fingerprint density at radius 3 is 2.64 bits per heavy atom. The third-order valence-electron chi connectivity index (χ3n) is 4.17. The van der Waals surface area contributed by atoms with Crippen molar-refractivity contribution in [3.63, 3.8) is 0 Å². The summed E-state index contributed by atoms with van der Waals surface area (Å²) < 4.78 is 0. The molecule has 0 aromatic heterocycles. The van der Waals surface area contributed by atoms with Crippen molar-refractivity contribution in [2.45, 2.75) is 25.3 Å². The van der Waals surface area contributed by atoms with E-state index in [1.165, 1.54) is 0 Å². The van der Waals surface area contributed by atoms with Crippen LogP contribution >= 0.6 is 11.6 Å². The summed E-state index contributed by atoms with van der Waals surface area (Å²) in [5.74, 6) is 0.146. The van der Waals surface area contributed by atoms with Crippen molar-refractivity contribution in [1.29, 1.82) is 0 Å². The van der Waals surface area contributed by atoms with Gasteiger partial charge in [-0.1, -0.05) is 41.9 Å². The van der Waals surface area contributed by atoms with Crippen LogP contribution in [0.4, 0.5) is 5.69 Å². The minimum Gasteiger partial charge on any atom is -0.399 e. The highest BCUT2D eigenvalue weighted by Gasteiger charge is 2.30. The van der Waals surface area contributed by atoms with E-state index >= 15 is 0 Å². The van der Waals surface area contributed by atoms with Crippen LogP contribution in [0.5, 0.6) is 0 Å². The summed E-state index contributed by atoms with van der Waals surface area (Å²) in [6.07, 6.45) is 2.39. The molecule has 1 saturated heterocycles. The van der Waals surface area contributed by atoms with Gasteiger partial charge in [0.1, 0.15) is 0 Å².